The van der Waals surface area contributed by atoms with E-state index in [0.29, 0.717) is 6.04 Å². The topological polar surface area (TPSA) is 3.24 Å². The lowest BCUT2D eigenvalue weighted by molar-refractivity contribution is 0.436. The van der Waals surface area contributed by atoms with Crippen molar-refractivity contribution in [2.24, 2.45) is 0 Å². The van der Waals surface area contributed by atoms with Crippen molar-refractivity contribution < 1.29 is 0 Å². The van der Waals surface area contributed by atoms with Crippen LogP contribution in [-0.2, 0) is 0 Å². The number of hydrogen-bond donors (Lipinski definition) is 0. The third kappa shape index (κ3) is 3.12. The van der Waals surface area contributed by atoms with Crippen LogP contribution in [0, 0.1) is 13.8 Å². The van der Waals surface area contributed by atoms with Crippen LogP contribution in [0.25, 0.3) is 0 Å². The number of anilines is 2. The summed E-state index contributed by atoms with van der Waals surface area (Å²) >= 11 is 0. The molecule has 0 radical (unpaired) electrons. The zero-order chi connectivity index (χ0) is 14.7. The zero-order valence-corrected chi connectivity index (χ0v) is 13.2. The van der Waals surface area contributed by atoms with Crippen LogP contribution >= 0.6 is 0 Å². The quantitative estimate of drug-likeness (QED) is 0.689. The van der Waals surface area contributed by atoms with Crippen LogP contribution in [0.3, 0.4) is 0 Å². The van der Waals surface area contributed by atoms with E-state index in [0.717, 1.165) is 0 Å². The van der Waals surface area contributed by atoms with Gasteiger partial charge in [-0.05, 0) is 50.5 Å². The Morgan fingerprint density at radius 3 is 2.24 bits per heavy atom. The van der Waals surface area contributed by atoms with E-state index in [4.69, 9.17) is 0 Å². The van der Waals surface area contributed by atoms with E-state index in [1.54, 1.807) is 0 Å². The van der Waals surface area contributed by atoms with Gasteiger partial charge in [0.1, 0.15) is 0 Å². The molecule has 0 aliphatic heterocycles. The third-order valence-electron chi connectivity index (χ3n) is 4.59. The van der Waals surface area contributed by atoms with Crippen molar-refractivity contribution in [2.45, 2.75) is 52.0 Å². The number of rotatable bonds is 3. The lowest BCUT2D eigenvalue weighted by atomic mass is 9.92. The summed E-state index contributed by atoms with van der Waals surface area (Å²) in [4.78, 5) is 2.58. The van der Waals surface area contributed by atoms with Crippen LogP contribution in [0.4, 0.5) is 11.4 Å². The highest BCUT2D eigenvalue weighted by molar-refractivity contribution is 5.67. The first-order valence-corrected chi connectivity index (χ1v) is 8.17. The van der Waals surface area contributed by atoms with E-state index in [2.05, 4.69) is 67.3 Å². The van der Waals surface area contributed by atoms with Crippen LogP contribution < -0.4 is 4.90 Å². The van der Waals surface area contributed by atoms with Gasteiger partial charge in [0.25, 0.3) is 0 Å². The maximum absolute atomic E-state index is 2.58. The predicted octanol–water partition coefficient (Wildman–Crippen LogP) is 5.77. The van der Waals surface area contributed by atoms with Crippen LogP contribution in [0.15, 0.2) is 48.5 Å². The molecule has 1 heteroatoms. The molecule has 0 saturated heterocycles. The largest absolute Gasteiger partial charge is 0.338 e. The van der Waals surface area contributed by atoms with E-state index in [1.807, 2.05) is 0 Å². The van der Waals surface area contributed by atoms with Gasteiger partial charge in [-0.25, -0.2) is 0 Å². The molecule has 2 aromatic rings. The first-order chi connectivity index (χ1) is 10.3. The van der Waals surface area contributed by atoms with Crippen molar-refractivity contribution >= 4 is 11.4 Å². The molecule has 1 aliphatic carbocycles. The SMILES string of the molecule is Cc1ccc(N(c2ccccc2)C2CCCCC2)c(C)c1. The predicted molar refractivity (Wildman–Crippen MR) is 91.4 cm³/mol. The molecule has 1 saturated carbocycles. The average Bonchev–Trinajstić information content (AvgIpc) is 2.52. The summed E-state index contributed by atoms with van der Waals surface area (Å²) in [6.45, 7) is 4.41. The van der Waals surface area contributed by atoms with Gasteiger partial charge in [-0.2, -0.15) is 0 Å². The normalized spacial score (nSPS) is 15.9. The minimum Gasteiger partial charge on any atom is -0.338 e. The van der Waals surface area contributed by atoms with Crippen molar-refractivity contribution in [3.05, 3.63) is 59.7 Å². The summed E-state index contributed by atoms with van der Waals surface area (Å²) < 4.78 is 0. The van der Waals surface area contributed by atoms with E-state index in [1.165, 1.54) is 54.6 Å². The molecular formula is C20H25N. The molecule has 0 atom stereocenters. The van der Waals surface area contributed by atoms with Gasteiger partial charge in [0.05, 0.1) is 0 Å². The van der Waals surface area contributed by atoms with Crippen molar-refractivity contribution in [2.75, 3.05) is 4.90 Å². The average molecular weight is 279 g/mol. The number of aryl methyl sites for hydroxylation is 2. The lowest BCUT2D eigenvalue weighted by Gasteiger charge is -2.37. The number of para-hydroxylation sites is 1. The fraction of sp³-hybridized carbons (Fsp3) is 0.400. The Balaban J connectivity index is 2.02. The van der Waals surface area contributed by atoms with Crippen LogP contribution in [0.5, 0.6) is 0 Å². The maximum Gasteiger partial charge on any atom is 0.0443 e. The molecule has 2 aromatic carbocycles. The minimum absolute atomic E-state index is 0.641. The smallest absolute Gasteiger partial charge is 0.0443 e. The number of hydrogen-bond acceptors (Lipinski definition) is 1. The molecule has 21 heavy (non-hydrogen) atoms. The van der Waals surface area contributed by atoms with Crippen LogP contribution in [-0.4, -0.2) is 6.04 Å². The molecule has 0 N–H and O–H groups in total. The maximum atomic E-state index is 2.58. The summed E-state index contributed by atoms with van der Waals surface area (Å²) in [5.41, 5.74) is 5.42. The molecule has 0 bridgehead atoms. The summed E-state index contributed by atoms with van der Waals surface area (Å²) in [6, 6.07) is 18.4. The Kier molecular flexibility index (Phi) is 4.28. The Morgan fingerprint density at radius 2 is 1.57 bits per heavy atom. The van der Waals surface area contributed by atoms with E-state index >= 15 is 0 Å². The van der Waals surface area contributed by atoms with Gasteiger partial charge < -0.3 is 4.90 Å². The summed E-state index contributed by atoms with van der Waals surface area (Å²) in [5.74, 6) is 0. The summed E-state index contributed by atoms with van der Waals surface area (Å²) in [6.07, 6.45) is 6.73. The second kappa shape index (κ2) is 6.34. The summed E-state index contributed by atoms with van der Waals surface area (Å²) in [5, 5.41) is 0. The fourth-order valence-corrected chi connectivity index (χ4v) is 3.55. The van der Waals surface area contributed by atoms with Gasteiger partial charge in [0.2, 0.25) is 0 Å². The number of benzene rings is 2. The highest BCUT2D eigenvalue weighted by Crippen LogP contribution is 2.36. The molecule has 0 unspecified atom stereocenters. The highest BCUT2D eigenvalue weighted by atomic mass is 15.2. The van der Waals surface area contributed by atoms with Gasteiger partial charge in [0.15, 0.2) is 0 Å². The van der Waals surface area contributed by atoms with E-state index in [-0.39, 0.29) is 0 Å². The molecule has 1 nitrogen and oxygen atoms in total. The summed E-state index contributed by atoms with van der Waals surface area (Å²) in [7, 11) is 0. The van der Waals surface area contributed by atoms with Crippen LogP contribution in [0.1, 0.15) is 43.2 Å². The first-order valence-electron chi connectivity index (χ1n) is 8.17. The molecule has 3 rings (SSSR count). The van der Waals surface area contributed by atoms with Crippen molar-refractivity contribution in [1.29, 1.82) is 0 Å². The van der Waals surface area contributed by atoms with Crippen molar-refractivity contribution in [3.8, 4) is 0 Å². The molecular weight excluding hydrogens is 254 g/mol. The van der Waals surface area contributed by atoms with Crippen molar-refractivity contribution in [3.63, 3.8) is 0 Å². The molecule has 1 fully saturated rings. The molecule has 0 spiro atoms. The Bertz CT molecular complexity index is 582. The first kappa shape index (κ1) is 14.2. The second-order valence-electron chi connectivity index (χ2n) is 6.29. The lowest BCUT2D eigenvalue weighted by Crippen LogP contribution is -2.33. The highest BCUT2D eigenvalue weighted by Gasteiger charge is 2.23. The molecule has 110 valence electrons. The molecule has 0 aromatic heterocycles. The van der Waals surface area contributed by atoms with E-state index < -0.39 is 0 Å². The standard InChI is InChI=1S/C20H25N/c1-16-13-14-20(17(2)15-16)21(18-9-5-3-6-10-18)19-11-7-4-8-12-19/h3,5-6,9-10,13-15,19H,4,7-8,11-12H2,1-2H3. The third-order valence-corrected chi connectivity index (χ3v) is 4.59. The second-order valence-corrected chi connectivity index (χ2v) is 6.29. The van der Waals surface area contributed by atoms with Gasteiger partial charge in [-0.15, -0.1) is 0 Å². The van der Waals surface area contributed by atoms with Gasteiger partial charge in [0, 0.05) is 17.4 Å². The molecule has 1 aliphatic rings. The van der Waals surface area contributed by atoms with Crippen LogP contribution in [0.2, 0.25) is 0 Å². The van der Waals surface area contributed by atoms with E-state index in [9.17, 15) is 0 Å². The van der Waals surface area contributed by atoms with Gasteiger partial charge >= 0.3 is 0 Å². The monoisotopic (exact) mass is 279 g/mol. The van der Waals surface area contributed by atoms with Crippen molar-refractivity contribution in [1.82, 2.24) is 0 Å². The van der Waals surface area contributed by atoms with Gasteiger partial charge in [-0.1, -0.05) is 55.2 Å². The molecule has 0 heterocycles. The Labute approximate surface area is 128 Å². The van der Waals surface area contributed by atoms with Gasteiger partial charge in [-0.3, -0.25) is 0 Å². The number of nitrogens with zero attached hydrogens (tertiary/aromatic N) is 1. The molecule has 0 amide bonds. The Hall–Kier alpha value is -1.76. The fourth-order valence-electron chi connectivity index (χ4n) is 3.55. The Morgan fingerprint density at radius 1 is 0.857 bits per heavy atom. The zero-order valence-electron chi connectivity index (χ0n) is 13.2. The minimum atomic E-state index is 0.641.